The summed E-state index contributed by atoms with van der Waals surface area (Å²) in [7, 11) is 3.07. The molecule has 0 saturated carbocycles. The molecule has 154 valence electrons. The molecule has 0 fully saturated rings. The molecule has 1 heterocycles. The van der Waals surface area contributed by atoms with E-state index < -0.39 is 0 Å². The van der Waals surface area contributed by atoms with Gasteiger partial charge in [-0.2, -0.15) is 0 Å². The number of amides is 1. The van der Waals surface area contributed by atoms with Crippen molar-refractivity contribution in [3.8, 4) is 11.5 Å². The lowest BCUT2D eigenvalue weighted by atomic mass is 10.2. The molecule has 3 rings (SSSR count). The van der Waals surface area contributed by atoms with Gasteiger partial charge >= 0.3 is 0 Å². The molecule has 0 aliphatic rings. The predicted molar refractivity (Wildman–Crippen MR) is 117 cm³/mol. The number of carbonyl (C=O) groups is 1. The molecule has 7 nitrogen and oxygen atoms in total. The summed E-state index contributed by atoms with van der Waals surface area (Å²) < 4.78 is 10.5. The summed E-state index contributed by atoms with van der Waals surface area (Å²) in [6.45, 7) is 2.32. The summed E-state index contributed by atoms with van der Waals surface area (Å²) in [5.74, 6) is 1.03. The molecule has 0 aliphatic heterocycles. The fourth-order valence-corrected chi connectivity index (χ4v) is 2.78. The molecule has 3 aromatic rings. The van der Waals surface area contributed by atoms with Gasteiger partial charge in [0.05, 0.1) is 26.5 Å². The molecule has 0 atom stereocenters. The number of hydrogen-bond acceptors (Lipinski definition) is 5. The van der Waals surface area contributed by atoms with Gasteiger partial charge in [-0.15, -0.1) is 0 Å². The number of carbonyl (C=O) groups excluding carboxylic acids is 1. The number of benzene rings is 2. The van der Waals surface area contributed by atoms with Gasteiger partial charge in [0.1, 0.15) is 0 Å². The largest absolute Gasteiger partial charge is 0.493 e. The van der Waals surface area contributed by atoms with Crippen LogP contribution in [0.3, 0.4) is 0 Å². The average Bonchev–Trinajstić information content (AvgIpc) is 2.77. The number of rotatable bonds is 6. The SMILES string of the molecule is COc1ccc(C(=O)NC(=NCc2ccccn2)Nc2cccc(C)c2)cc1OC. The van der Waals surface area contributed by atoms with Crippen molar-refractivity contribution >= 4 is 17.6 Å². The molecule has 2 aromatic carbocycles. The fraction of sp³-hybridized carbons (Fsp3) is 0.174. The number of nitrogens with one attached hydrogen (secondary N) is 2. The number of aromatic nitrogens is 1. The molecule has 0 radical (unpaired) electrons. The van der Waals surface area contributed by atoms with E-state index in [1.54, 1.807) is 31.5 Å². The van der Waals surface area contributed by atoms with Gasteiger partial charge in [0.15, 0.2) is 11.5 Å². The van der Waals surface area contributed by atoms with Crippen LogP contribution in [0.4, 0.5) is 5.69 Å². The number of aryl methyl sites for hydroxylation is 1. The molecule has 7 heteroatoms. The van der Waals surface area contributed by atoms with Gasteiger partial charge in [-0.05, 0) is 55.0 Å². The minimum absolute atomic E-state index is 0.321. The standard InChI is InChI=1S/C23H24N4O3/c1-16-7-6-9-18(13-16)26-23(25-15-19-8-4-5-12-24-19)27-22(28)17-10-11-20(29-2)21(14-17)30-3/h4-14H,15H2,1-3H3,(H2,25,26,27,28). The number of pyridine rings is 1. The smallest absolute Gasteiger partial charge is 0.258 e. The molecule has 1 amide bonds. The van der Waals surface area contributed by atoms with E-state index in [2.05, 4.69) is 20.6 Å². The molecular formula is C23H24N4O3. The van der Waals surface area contributed by atoms with Crippen molar-refractivity contribution in [2.24, 2.45) is 4.99 Å². The highest BCUT2D eigenvalue weighted by molar-refractivity contribution is 6.10. The van der Waals surface area contributed by atoms with Gasteiger partial charge in [-0.1, -0.05) is 18.2 Å². The summed E-state index contributed by atoms with van der Waals surface area (Å²) >= 11 is 0. The first-order valence-corrected chi connectivity index (χ1v) is 9.40. The Balaban J connectivity index is 1.83. The average molecular weight is 404 g/mol. The van der Waals surface area contributed by atoms with Gasteiger partial charge in [0, 0.05) is 17.4 Å². The van der Waals surface area contributed by atoms with Crippen molar-refractivity contribution in [2.45, 2.75) is 13.5 Å². The fourth-order valence-electron chi connectivity index (χ4n) is 2.78. The summed E-state index contributed by atoms with van der Waals surface area (Å²) in [6, 6.07) is 18.4. The summed E-state index contributed by atoms with van der Waals surface area (Å²) in [5, 5.41) is 6.01. The molecule has 2 N–H and O–H groups in total. The van der Waals surface area contributed by atoms with Crippen LogP contribution in [0.15, 0.2) is 71.9 Å². The van der Waals surface area contributed by atoms with Crippen LogP contribution < -0.4 is 20.1 Å². The Morgan fingerprint density at radius 3 is 2.53 bits per heavy atom. The quantitative estimate of drug-likeness (QED) is 0.482. The first-order chi connectivity index (χ1) is 14.6. The molecular weight excluding hydrogens is 380 g/mol. The summed E-state index contributed by atoms with van der Waals surface area (Å²) in [6.07, 6.45) is 1.71. The predicted octanol–water partition coefficient (Wildman–Crippen LogP) is 3.81. The van der Waals surface area contributed by atoms with Crippen molar-refractivity contribution in [1.82, 2.24) is 10.3 Å². The van der Waals surface area contributed by atoms with Gasteiger partial charge in [0.25, 0.3) is 5.91 Å². The van der Waals surface area contributed by atoms with Crippen molar-refractivity contribution in [3.05, 3.63) is 83.7 Å². The zero-order valence-corrected chi connectivity index (χ0v) is 17.2. The van der Waals surface area contributed by atoms with Gasteiger partial charge in [-0.25, -0.2) is 4.99 Å². The second-order valence-electron chi connectivity index (χ2n) is 6.50. The number of hydrogen-bond donors (Lipinski definition) is 2. The van der Waals surface area contributed by atoms with Crippen LogP contribution in [0, 0.1) is 6.92 Å². The van der Waals surface area contributed by atoms with Crippen molar-refractivity contribution < 1.29 is 14.3 Å². The number of ether oxygens (including phenoxy) is 2. The third-order valence-corrected chi connectivity index (χ3v) is 4.28. The summed E-state index contributed by atoms with van der Waals surface area (Å²) in [4.78, 5) is 21.6. The van der Waals surface area contributed by atoms with Crippen LogP contribution in [0.1, 0.15) is 21.6 Å². The lowest BCUT2D eigenvalue weighted by Gasteiger charge is -2.13. The lowest BCUT2D eigenvalue weighted by Crippen LogP contribution is -2.36. The zero-order chi connectivity index (χ0) is 21.3. The molecule has 0 spiro atoms. The minimum atomic E-state index is -0.323. The second-order valence-corrected chi connectivity index (χ2v) is 6.50. The van der Waals surface area contributed by atoms with Crippen molar-refractivity contribution in [2.75, 3.05) is 19.5 Å². The molecule has 0 bridgehead atoms. The molecule has 1 aromatic heterocycles. The maximum absolute atomic E-state index is 12.8. The second kappa shape index (κ2) is 10.1. The highest BCUT2D eigenvalue weighted by Gasteiger charge is 2.13. The maximum atomic E-state index is 12.8. The third kappa shape index (κ3) is 5.57. The molecule has 0 unspecified atom stereocenters. The van der Waals surface area contributed by atoms with Crippen molar-refractivity contribution in [1.29, 1.82) is 0 Å². The maximum Gasteiger partial charge on any atom is 0.258 e. The Kier molecular flexibility index (Phi) is 7.00. The van der Waals surface area contributed by atoms with E-state index in [1.807, 2.05) is 49.4 Å². The van der Waals surface area contributed by atoms with Crippen LogP contribution in [-0.4, -0.2) is 31.1 Å². The minimum Gasteiger partial charge on any atom is -0.493 e. The van der Waals surface area contributed by atoms with Crippen LogP contribution in [-0.2, 0) is 6.54 Å². The van der Waals surface area contributed by atoms with Crippen LogP contribution in [0.25, 0.3) is 0 Å². The van der Waals surface area contributed by atoms with E-state index in [0.717, 1.165) is 16.9 Å². The van der Waals surface area contributed by atoms with E-state index in [9.17, 15) is 4.79 Å². The Hall–Kier alpha value is -3.87. The van der Waals surface area contributed by atoms with Gasteiger partial charge in [-0.3, -0.25) is 15.1 Å². The summed E-state index contributed by atoms with van der Waals surface area (Å²) in [5.41, 5.74) is 3.13. The van der Waals surface area contributed by atoms with E-state index >= 15 is 0 Å². The van der Waals surface area contributed by atoms with E-state index in [0.29, 0.717) is 29.6 Å². The number of nitrogens with zero attached hydrogens (tertiary/aromatic N) is 2. The van der Waals surface area contributed by atoms with Crippen LogP contribution in [0.5, 0.6) is 11.5 Å². The third-order valence-electron chi connectivity index (χ3n) is 4.28. The zero-order valence-electron chi connectivity index (χ0n) is 17.2. The number of aliphatic imine (C=N–C) groups is 1. The molecule has 0 saturated heterocycles. The van der Waals surface area contributed by atoms with E-state index in [4.69, 9.17) is 9.47 Å². The Morgan fingerprint density at radius 1 is 1.00 bits per heavy atom. The number of methoxy groups -OCH3 is 2. The van der Waals surface area contributed by atoms with E-state index in [-0.39, 0.29) is 5.91 Å². The first kappa shape index (κ1) is 20.9. The topological polar surface area (TPSA) is 84.8 Å². The first-order valence-electron chi connectivity index (χ1n) is 9.40. The highest BCUT2D eigenvalue weighted by Crippen LogP contribution is 2.27. The van der Waals surface area contributed by atoms with Crippen LogP contribution >= 0.6 is 0 Å². The number of anilines is 1. The van der Waals surface area contributed by atoms with Gasteiger partial charge < -0.3 is 14.8 Å². The highest BCUT2D eigenvalue weighted by atomic mass is 16.5. The monoisotopic (exact) mass is 404 g/mol. The van der Waals surface area contributed by atoms with Crippen molar-refractivity contribution in [3.63, 3.8) is 0 Å². The lowest BCUT2D eigenvalue weighted by molar-refractivity contribution is 0.0976. The Bertz CT molecular complexity index is 1040. The van der Waals surface area contributed by atoms with Gasteiger partial charge in [0.2, 0.25) is 5.96 Å². The molecule has 30 heavy (non-hydrogen) atoms. The normalized spacial score (nSPS) is 11.0. The van der Waals surface area contributed by atoms with E-state index in [1.165, 1.54) is 7.11 Å². The molecule has 0 aliphatic carbocycles. The van der Waals surface area contributed by atoms with Crippen LogP contribution in [0.2, 0.25) is 0 Å². The number of guanidine groups is 1. The Labute approximate surface area is 175 Å². The Morgan fingerprint density at radius 2 is 1.83 bits per heavy atom.